The fourth-order valence-corrected chi connectivity index (χ4v) is 4.66. The fraction of sp³-hybridized carbons (Fsp3) is 0.161. The van der Waals surface area contributed by atoms with Crippen molar-refractivity contribution in [3.8, 4) is 22.4 Å². The second-order valence-corrected chi connectivity index (χ2v) is 9.57. The molecule has 5 aromatic rings. The number of carbonyl (C=O) groups excluding carboxylic acids is 1. The molecule has 0 saturated carbocycles. The molecule has 2 aromatic heterocycles. The lowest BCUT2D eigenvalue weighted by Gasteiger charge is -2.14. The van der Waals surface area contributed by atoms with Crippen molar-refractivity contribution >= 4 is 23.2 Å². The molecule has 1 atom stereocenters. The lowest BCUT2D eigenvalue weighted by Crippen LogP contribution is -2.26. The van der Waals surface area contributed by atoms with E-state index in [1.165, 1.54) is 5.56 Å². The number of rotatable bonds is 7. The summed E-state index contributed by atoms with van der Waals surface area (Å²) in [6, 6.07) is 30.3. The fourth-order valence-electron chi connectivity index (χ4n) is 4.54. The molecular weight excluding hydrogens is 466 g/mol. The van der Waals surface area contributed by atoms with Gasteiger partial charge in [-0.25, -0.2) is 4.98 Å². The minimum atomic E-state index is -0.0513. The van der Waals surface area contributed by atoms with Gasteiger partial charge in [0.1, 0.15) is 5.65 Å². The van der Waals surface area contributed by atoms with Crippen LogP contribution in [-0.2, 0) is 11.2 Å². The number of nitrogens with one attached hydrogen (secondary N) is 1. The van der Waals surface area contributed by atoms with E-state index in [4.69, 9.17) is 16.6 Å². The lowest BCUT2D eigenvalue weighted by molar-refractivity contribution is -0.121. The molecule has 0 aliphatic rings. The summed E-state index contributed by atoms with van der Waals surface area (Å²) < 4.78 is 2.12. The monoisotopic (exact) mass is 493 g/mol. The van der Waals surface area contributed by atoms with Crippen molar-refractivity contribution in [1.29, 1.82) is 0 Å². The Morgan fingerprint density at radius 3 is 2.42 bits per heavy atom. The summed E-state index contributed by atoms with van der Waals surface area (Å²) in [6.07, 6.45) is 3.04. The zero-order valence-corrected chi connectivity index (χ0v) is 21.2. The summed E-state index contributed by atoms with van der Waals surface area (Å²) in [5.74, 6) is 0.0122. The largest absolute Gasteiger partial charge is 0.350 e. The first kappa shape index (κ1) is 23.8. The number of hydrogen-bond donors (Lipinski definition) is 1. The third-order valence-electron chi connectivity index (χ3n) is 6.45. The van der Waals surface area contributed by atoms with Crippen LogP contribution >= 0.6 is 11.6 Å². The van der Waals surface area contributed by atoms with E-state index in [2.05, 4.69) is 53.2 Å². The number of nitrogens with zero attached hydrogens (tertiary/aromatic N) is 2. The molecule has 4 nitrogen and oxygen atoms in total. The van der Waals surface area contributed by atoms with Crippen molar-refractivity contribution in [2.75, 3.05) is 0 Å². The van der Waals surface area contributed by atoms with Crippen molar-refractivity contribution < 1.29 is 4.79 Å². The highest BCUT2D eigenvalue weighted by atomic mass is 35.5. The minimum absolute atomic E-state index is 0.0122. The molecule has 0 spiro atoms. The van der Waals surface area contributed by atoms with Crippen LogP contribution in [0.15, 0.2) is 97.2 Å². The van der Waals surface area contributed by atoms with E-state index in [9.17, 15) is 4.79 Å². The molecule has 0 saturated heterocycles. The number of imidazole rings is 1. The maximum Gasteiger partial charge on any atom is 0.220 e. The van der Waals surface area contributed by atoms with Gasteiger partial charge in [-0.05, 0) is 61.2 Å². The summed E-state index contributed by atoms with van der Waals surface area (Å²) in [5.41, 5.74) is 8.27. The maximum absolute atomic E-state index is 12.9. The average molecular weight is 494 g/mol. The van der Waals surface area contributed by atoms with Crippen molar-refractivity contribution in [2.45, 2.75) is 32.7 Å². The lowest BCUT2D eigenvalue weighted by atomic mass is 10.0. The molecule has 0 fully saturated rings. The molecule has 0 aliphatic heterocycles. The topological polar surface area (TPSA) is 46.4 Å². The highest BCUT2D eigenvalue weighted by Crippen LogP contribution is 2.29. The molecule has 5 heteroatoms. The number of halogens is 1. The van der Waals surface area contributed by atoms with E-state index in [1.54, 1.807) is 0 Å². The number of aryl methyl sites for hydroxylation is 2. The molecule has 0 unspecified atom stereocenters. The summed E-state index contributed by atoms with van der Waals surface area (Å²) in [6.45, 7) is 4.10. The number of aromatic nitrogens is 2. The van der Waals surface area contributed by atoms with E-state index in [0.717, 1.165) is 39.3 Å². The molecule has 0 bridgehead atoms. The Balaban J connectivity index is 1.48. The van der Waals surface area contributed by atoms with Gasteiger partial charge in [-0.2, -0.15) is 0 Å². The first-order chi connectivity index (χ1) is 17.5. The SMILES string of the molecule is Cc1cccc(-c2ccc3nc(-c4ccc(Cl)cc4)c(CCC(=O)N[C@H](C)c4ccccc4)n3c2)c1. The van der Waals surface area contributed by atoms with Crippen molar-refractivity contribution in [1.82, 2.24) is 14.7 Å². The number of hydrogen-bond acceptors (Lipinski definition) is 2. The number of carbonyl (C=O) groups is 1. The Labute approximate surface area is 216 Å². The van der Waals surface area contributed by atoms with Crippen molar-refractivity contribution in [3.63, 3.8) is 0 Å². The summed E-state index contributed by atoms with van der Waals surface area (Å²) in [5, 5.41) is 3.81. The third-order valence-corrected chi connectivity index (χ3v) is 6.70. The zero-order valence-electron chi connectivity index (χ0n) is 20.4. The van der Waals surface area contributed by atoms with Gasteiger partial charge in [-0.15, -0.1) is 0 Å². The van der Waals surface area contributed by atoms with E-state index >= 15 is 0 Å². The zero-order chi connectivity index (χ0) is 25.1. The highest BCUT2D eigenvalue weighted by molar-refractivity contribution is 6.30. The Morgan fingerprint density at radius 2 is 1.67 bits per heavy atom. The van der Waals surface area contributed by atoms with Gasteiger partial charge in [0, 0.05) is 23.2 Å². The Morgan fingerprint density at radius 1 is 0.917 bits per heavy atom. The van der Waals surface area contributed by atoms with E-state index in [1.807, 2.05) is 67.6 Å². The summed E-state index contributed by atoms with van der Waals surface area (Å²) >= 11 is 6.14. The standard InChI is InChI=1S/C31H28ClN3O/c1-21-7-6-10-25(19-21)26-13-17-29-34-31(24-11-14-27(32)15-12-24)28(35(29)20-26)16-18-30(36)33-22(2)23-8-4-3-5-9-23/h3-15,17,19-20,22H,16,18H2,1-2H3,(H,33,36)/t22-/m1/s1. The van der Waals surface area contributed by atoms with Gasteiger partial charge in [-0.1, -0.05) is 83.9 Å². The molecule has 1 N–H and O–H groups in total. The number of benzene rings is 3. The van der Waals surface area contributed by atoms with Crippen LogP contribution in [0.4, 0.5) is 0 Å². The van der Waals surface area contributed by atoms with Gasteiger partial charge in [0.2, 0.25) is 5.91 Å². The summed E-state index contributed by atoms with van der Waals surface area (Å²) in [7, 11) is 0. The van der Waals surface area contributed by atoms with Crippen LogP contribution in [0.5, 0.6) is 0 Å². The van der Waals surface area contributed by atoms with Crippen LogP contribution in [0.3, 0.4) is 0 Å². The van der Waals surface area contributed by atoms with Crippen LogP contribution in [0, 0.1) is 6.92 Å². The first-order valence-corrected chi connectivity index (χ1v) is 12.5. The van der Waals surface area contributed by atoms with Gasteiger partial charge in [0.05, 0.1) is 17.4 Å². The predicted octanol–water partition coefficient (Wildman–Crippen LogP) is 7.44. The van der Waals surface area contributed by atoms with Crippen LogP contribution in [0.25, 0.3) is 28.0 Å². The molecular formula is C31H28ClN3O. The Bertz CT molecular complexity index is 1510. The van der Waals surface area contributed by atoms with Crippen LogP contribution in [0.1, 0.15) is 36.2 Å². The average Bonchev–Trinajstić information content (AvgIpc) is 3.26. The van der Waals surface area contributed by atoms with Gasteiger partial charge in [-0.3, -0.25) is 4.79 Å². The number of pyridine rings is 1. The van der Waals surface area contributed by atoms with Crippen LogP contribution in [0.2, 0.25) is 5.02 Å². The quantitative estimate of drug-likeness (QED) is 0.256. The molecule has 0 aliphatic carbocycles. The van der Waals surface area contributed by atoms with Gasteiger partial charge < -0.3 is 9.72 Å². The number of fused-ring (bicyclic) bond motifs is 1. The van der Waals surface area contributed by atoms with E-state index in [-0.39, 0.29) is 11.9 Å². The molecule has 180 valence electrons. The first-order valence-electron chi connectivity index (χ1n) is 12.2. The van der Waals surface area contributed by atoms with E-state index < -0.39 is 0 Å². The molecule has 1 amide bonds. The predicted molar refractivity (Wildman–Crippen MR) is 147 cm³/mol. The second-order valence-electron chi connectivity index (χ2n) is 9.13. The van der Waals surface area contributed by atoms with Crippen LogP contribution < -0.4 is 5.32 Å². The smallest absolute Gasteiger partial charge is 0.220 e. The van der Waals surface area contributed by atoms with Gasteiger partial charge >= 0.3 is 0 Å². The second kappa shape index (κ2) is 10.4. The minimum Gasteiger partial charge on any atom is -0.350 e. The van der Waals surface area contributed by atoms with Crippen LogP contribution in [-0.4, -0.2) is 15.3 Å². The molecule has 2 heterocycles. The molecule has 0 radical (unpaired) electrons. The molecule has 36 heavy (non-hydrogen) atoms. The van der Waals surface area contributed by atoms with Gasteiger partial charge in [0.25, 0.3) is 0 Å². The number of amides is 1. The normalized spacial score (nSPS) is 12.0. The highest BCUT2D eigenvalue weighted by Gasteiger charge is 2.17. The Hall–Kier alpha value is -3.89. The van der Waals surface area contributed by atoms with Crippen molar-refractivity contribution in [3.05, 3.63) is 119 Å². The van der Waals surface area contributed by atoms with Crippen molar-refractivity contribution in [2.24, 2.45) is 0 Å². The summed E-state index contributed by atoms with van der Waals surface area (Å²) in [4.78, 5) is 17.9. The van der Waals surface area contributed by atoms with E-state index in [0.29, 0.717) is 17.9 Å². The van der Waals surface area contributed by atoms with Gasteiger partial charge in [0.15, 0.2) is 0 Å². The maximum atomic E-state index is 12.9. The molecule has 3 aromatic carbocycles. The third kappa shape index (κ3) is 5.19. The Kier molecular flexibility index (Phi) is 6.88. The molecule has 5 rings (SSSR count).